The molecule has 1 unspecified atom stereocenters. The largest absolute Gasteiger partial charge is 0.385 e. The van der Waals surface area contributed by atoms with Crippen LogP contribution in [0.15, 0.2) is 28.7 Å². The van der Waals surface area contributed by atoms with E-state index < -0.39 is 0 Å². The number of amidine groups is 1. The number of nitrogens with two attached hydrogens (primary N) is 1. The molecule has 3 N–H and O–H groups in total. The van der Waals surface area contributed by atoms with Gasteiger partial charge >= 0.3 is 0 Å². The quantitative estimate of drug-likeness (QED) is 0.639. The van der Waals surface area contributed by atoms with Gasteiger partial charge in [0.2, 0.25) is 0 Å². The SMILES string of the molecule is CCC(OCc1ccccc1Br)C(=N)N. The minimum absolute atomic E-state index is 0.0875. The van der Waals surface area contributed by atoms with E-state index in [1.807, 2.05) is 31.2 Å². The third-order valence-corrected chi connectivity index (χ3v) is 2.89. The summed E-state index contributed by atoms with van der Waals surface area (Å²) in [6.45, 7) is 2.42. The topological polar surface area (TPSA) is 59.1 Å². The number of hydrogen-bond acceptors (Lipinski definition) is 2. The molecule has 3 nitrogen and oxygen atoms in total. The molecule has 1 aromatic carbocycles. The molecule has 0 spiro atoms. The highest BCUT2D eigenvalue weighted by molar-refractivity contribution is 9.10. The van der Waals surface area contributed by atoms with Crippen molar-refractivity contribution < 1.29 is 4.74 Å². The Bertz CT molecular complexity index is 341. The molecule has 0 aliphatic heterocycles. The van der Waals surface area contributed by atoms with E-state index in [2.05, 4.69) is 15.9 Å². The highest BCUT2D eigenvalue weighted by atomic mass is 79.9. The van der Waals surface area contributed by atoms with E-state index in [9.17, 15) is 0 Å². The Morgan fingerprint density at radius 3 is 2.73 bits per heavy atom. The van der Waals surface area contributed by atoms with E-state index >= 15 is 0 Å². The molecule has 0 bridgehead atoms. The summed E-state index contributed by atoms with van der Waals surface area (Å²) in [6.07, 6.45) is 0.442. The summed E-state index contributed by atoms with van der Waals surface area (Å²) in [5, 5.41) is 7.31. The predicted octanol–water partition coefficient (Wildman–Crippen LogP) is 2.68. The van der Waals surface area contributed by atoms with E-state index in [1.165, 1.54) is 0 Å². The summed E-state index contributed by atoms with van der Waals surface area (Å²) in [6, 6.07) is 7.86. The highest BCUT2D eigenvalue weighted by Gasteiger charge is 2.10. The summed E-state index contributed by atoms with van der Waals surface area (Å²) in [7, 11) is 0. The van der Waals surface area contributed by atoms with Crippen molar-refractivity contribution in [2.75, 3.05) is 0 Å². The van der Waals surface area contributed by atoms with Gasteiger partial charge in [0.1, 0.15) is 11.9 Å². The molecule has 1 atom stereocenters. The predicted molar refractivity (Wildman–Crippen MR) is 64.9 cm³/mol. The Morgan fingerprint density at radius 1 is 1.53 bits per heavy atom. The molecule has 82 valence electrons. The van der Waals surface area contributed by atoms with E-state index in [0.29, 0.717) is 6.61 Å². The van der Waals surface area contributed by atoms with Crippen LogP contribution in [-0.4, -0.2) is 11.9 Å². The first kappa shape index (κ1) is 12.2. The summed E-state index contributed by atoms with van der Waals surface area (Å²) in [4.78, 5) is 0. The van der Waals surface area contributed by atoms with Crippen molar-refractivity contribution in [2.24, 2.45) is 5.73 Å². The molecule has 0 saturated heterocycles. The fourth-order valence-electron chi connectivity index (χ4n) is 1.23. The van der Waals surface area contributed by atoms with Crippen molar-refractivity contribution in [1.82, 2.24) is 0 Å². The lowest BCUT2D eigenvalue weighted by Crippen LogP contribution is -2.29. The Kier molecular flexibility index (Phi) is 4.78. The van der Waals surface area contributed by atoms with Gasteiger partial charge in [-0.05, 0) is 18.1 Å². The molecule has 0 heterocycles. The maximum Gasteiger partial charge on any atom is 0.120 e. The Morgan fingerprint density at radius 2 is 2.20 bits per heavy atom. The van der Waals surface area contributed by atoms with Gasteiger partial charge in [-0.1, -0.05) is 41.1 Å². The molecular formula is C11H15BrN2O. The van der Waals surface area contributed by atoms with Crippen LogP contribution >= 0.6 is 15.9 Å². The van der Waals surface area contributed by atoms with Gasteiger partial charge in [0.25, 0.3) is 0 Å². The van der Waals surface area contributed by atoms with Gasteiger partial charge in [0.15, 0.2) is 0 Å². The van der Waals surface area contributed by atoms with Crippen LogP contribution in [0, 0.1) is 5.41 Å². The molecule has 1 rings (SSSR count). The van der Waals surface area contributed by atoms with Crippen molar-refractivity contribution in [3.05, 3.63) is 34.3 Å². The van der Waals surface area contributed by atoms with Crippen molar-refractivity contribution in [1.29, 1.82) is 5.41 Å². The van der Waals surface area contributed by atoms with E-state index in [4.69, 9.17) is 15.9 Å². The molecule has 0 amide bonds. The van der Waals surface area contributed by atoms with Crippen LogP contribution in [0.1, 0.15) is 18.9 Å². The molecule has 1 aromatic rings. The maximum atomic E-state index is 7.31. The smallest absolute Gasteiger partial charge is 0.120 e. The molecule has 0 aliphatic carbocycles. The van der Waals surface area contributed by atoms with Gasteiger partial charge in [-0.15, -0.1) is 0 Å². The van der Waals surface area contributed by atoms with Crippen molar-refractivity contribution >= 4 is 21.8 Å². The van der Waals surface area contributed by atoms with Crippen LogP contribution < -0.4 is 5.73 Å². The number of halogens is 1. The second-order valence-corrected chi connectivity index (χ2v) is 4.11. The lowest BCUT2D eigenvalue weighted by Gasteiger charge is -2.14. The molecule has 0 fully saturated rings. The van der Waals surface area contributed by atoms with Crippen LogP contribution in [0.5, 0.6) is 0 Å². The maximum absolute atomic E-state index is 7.31. The van der Waals surface area contributed by atoms with Crippen LogP contribution in [0.2, 0.25) is 0 Å². The molecule has 0 saturated carbocycles. The summed E-state index contributed by atoms with van der Waals surface area (Å²) in [5.74, 6) is 0.0875. The third-order valence-electron chi connectivity index (χ3n) is 2.12. The molecule has 15 heavy (non-hydrogen) atoms. The second-order valence-electron chi connectivity index (χ2n) is 3.25. The minimum Gasteiger partial charge on any atom is -0.385 e. The fraction of sp³-hybridized carbons (Fsp3) is 0.364. The number of ether oxygens (including phenoxy) is 1. The highest BCUT2D eigenvalue weighted by Crippen LogP contribution is 2.17. The molecule has 4 heteroatoms. The summed E-state index contributed by atoms with van der Waals surface area (Å²) in [5.41, 5.74) is 6.46. The zero-order chi connectivity index (χ0) is 11.3. The van der Waals surface area contributed by atoms with Gasteiger partial charge in [-0.2, -0.15) is 0 Å². The first-order valence-corrected chi connectivity index (χ1v) is 5.63. The van der Waals surface area contributed by atoms with Gasteiger partial charge in [-0.3, -0.25) is 5.41 Å². The van der Waals surface area contributed by atoms with Crippen molar-refractivity contribution in [3.8, 4) is 0 Å². The van der Waals surface area contributed by atoms with Gasteiger partial charge < -0.3 is 10.5 Å². The first-order chi connectivity index (χ1) is 7.15. The van der Waals surface area contributed by atoms with E-state index in [0.717, 1.165) is 16.5 Å². The Balaban J connectivity index is 2.56. The number of nitrogens with one attached hydrogen (secondary N) is 1. The van der Waals surface area contributed by atoms with Gasteiger partial charge in [0, 0.05) is 4.47 Å². The second kappa shape index (κ2) is 5.88. The normalized spacial score (nSPS) is 12.4. The lowest BCUT2D eigenvalue weighted by molar-refractivity contribution is 0.0804. The van der Waals surface area contributed by atoms with E-state index in [-0.39, 0.29) is 11.9 Å². The van der Waals surface area contributed by atoms with Crippen LogP contribution in [0.25, 0.3) is 0 Å². The average Bonchev–Trinajstić information content (AvgIpc) is 2.21. The molecular weight excluding hydrogens is 256 g/mol. The first-order valence-electron chi connectivity index (χ1n) is 4.84. The Hall–Kier alpha value is -0.870. The van der Waals surface area contributed by atoms with Crippen molar-refractivity contribution in [2.45, 2.75) is 26.1 Å². The lowest BCUT2D eigenvalue weighted by atomic mass is 10.2. The Labute approximate surface area is 98.3 Å². The van der Waals surface area contributed by atoms with Crippen LogP contribution in [-0.2, 0) is 11.3 Å². The van der Waals surface area contributed by atoms with Crippen LogP contribution in [0.4, 0.5) is 0 Å². The molecule has 0 aromatic heterocycles. The standard InChI is InChI=1S/C11H15BrN2O/c1-2-10(11(13)14)15-7-8-5-3-4-6-9(8)12/h3-6,10H,2,7H2,1H3,(H3,13,14). The zero-order valence-corrected chi connectivity index (χ0v) is 10.3. The minimum atomic E-state index is -0.280. The third kappa shape index (κ3) is 3.64. The average molecular weight is 271 g/mol. The molecule has 0 aliphatic rings. The van der Waals surface area contributed by atoms with Gasteiger partial charge in [-0.25, -0.2) is 0 Å². The summed E-state index contributed by atoms with van der Waals surface area (Å²) >= 11 is 3.44. The zero-order valence-electron chi connectivity index (χ0n) is 8.66. The fourth-order valence-corrected chi connectivity index (χ4v) is 1.63. The summed E-state index contributed by atoms with van der Waals surface area (Å²) < 4.78 is 6.56. The number of hydrogen-bond donors (Lipinski definition) is 2. The van der Waals surface area contributed by atoms with Crippen molar-refractivity contribution in [3.63, 3.8) is 0 Å². The van der Waals surface area contributed by atoms with Gasteiger partial charge in [0.05, 0.1) is 6.61 Å². The van der Waals surface area contributed by atoms with Crippen LogP contribution in [0.3, 0.4) is 0 Å². The molecule has 0 radical (unpaired) electrons. The number of rotatable bonds is 5. The number of benzene rings is 1. The van der Waals surface area contributed by atoms with E-state index in [1.54, 1.807) is 0 Å². The monoisotopic (exact) mass is 270 g/mol.